The summed E-state index contributed by atoms with van der Waals surface area (Å²) in [6, 6.07) is 4.11. The maximum absolute atomic E-state index is 13.4. The molecule has 1 aromatic rings. The van der Waals surface area contributed by atoms with Crippen LogP contribution in [0.2, 0.25) is 0 Å². The molecule has 2 N–H and O–H groups in total. The highest BCUT2D eigenvalue weighted by atomic mass is 19.1. The van der Waals surface area contributed by atoms with Crippen LogP contribution in [0, 0.1) is 5.82 Å². The van der Waals surface area contributed by atoms with Crippen molar-refractivity contribution < 1.29 is 18.7 Å². The van der Waals surface area contributed by atoms with Crippen LogP contribution >= 0.6 is 0 Å². The van der Waals surface area contributed by atoms with Crippen LogP contribution in [0.5, 0.6) is 5.75 Å². The Morgan fingerprint density at radius 3 is 2.68 bits per heavy atom. The van der Waals surface area contributed by atoms with Crippen LogP contribution in [0.4, 0.5) is 4.39 Å². The average molecular weight is 270 g/mol. The lowest BCUT2D eigenvalue weighted by Crippen LogP contribution is -2.33. The zero-order valence-corrected chi connectivity index (χ0v) is 11.2. The van der Waals surface area contributed by atoms with E-state index in [2.05, 4.69) is 10.6 Å². The summed E-state index contributed by atoms with van der Waals surface area (Å²) in [5.41, 5.74) is 0.273. The molecule has 0 unspecified atom stereocenters. The second-order valence-electron chi connectivity index (χ2n) is 3.85. The lowest BCUT2D eigenvalue weighted by atomic mass is 10.2. The smallest absolute Gasteiger partial charge is 0.251 e. The zero-order chi connectivity index (χ0) is 14.1. The molecule has 0 saturated carbocycles. The van der Waals surface area contributed by atoms with Gasteiger partial charge in [0.15, 0.2) is 11.6 Å². The predicted octanol–water partition coefficient (Wildman–Crippen LogP) is 0.800. The Morgan fingerprint density at radius 2 is 2.05 bits per heavy atom. The molecule has 0 heterocycles. The van der Waals surface area contributed by atoms with Crippen molar-refractivity contribution in [3.05, 3.63) is 29.6 Å². The van der Waals surface area contributed by atoms with Gasteiger partial charge in [-0.05, 0) is 18.2 Å². The molecule has 0 radical (unpaired) electrons. The third kappa shape index (κ3) is 5.23. The molecule has 5 nitrogen and oxygen atoms in total. The minimum Gasteiger partial charge on any atom is -0.494 e. The van der Waals surface area contributed by atoms with Gasteiger partial charge in [-0.15, -0.1) is 0 Å². The molecule has 0 aromatic heterocycles. The molecule has 0 saturated heterocycles. The Morgan fingerprint density at radius 1 is 1.26 bits per heavy atom. The Kier molecular flexibility index (Phi) is 6.84. The first kappa shape index (κ1) is 15.4. The predicted molar refractivity (Wildman–Crippen MR) is 70.0 cm³/mol. The summed E-state index contributed by atoms with van der Waals surface area (Å²) >= 11 is 0. The molecule has 0 aliphatic heterocycles. The van der Waals surface area contributed by atoms with Crippen molar-refractivity contribution in [2.45, 2.75) is 0 Å². The van der Waals surface area contributed by atoms with E-state index in [9.17, 15) is 9.18 Å². The second kappa shape index (κ2) is 8.44. The third-order valence-corrected chi connectivity index (χ3v) is 2.48. The van der Waals surface area contributed by atoms with Gasteiger partial charge in [-0.3, -0.25) is 4.79 Å². The number of halogens is 1. The summed E-state index contributed by atoms with van der Waals surface area (Å²) in [7, 11) is 3.01. The van der Waals surface area contributed by atoms with Crippen molar-refractivity contribution in [1.82, 2.24) is 10.6 Å². The molecule has 1 aromatic carbocycles. The quantitative estimate of drug-likeness (QED) is 0.686. The Hall–Kier alpha value is -1.66. The van der Waals surface area contributed by atoms with E-state index < -0.39 is 5.82 Å². The lowest BCUT2D eigenvalue weighted by Gasteiger charge is -2.07. The fraction of sp³-hybridized carbons (Fsp3) is 0.462. The van der Waals surface area contributed by atoms with Gasteiger partial charge in [0.1, 0.15) is 0 Å². The molecule has 0 spiro atoms. The van der Waals surface area contributed by atoms with Crippen LogP contribution in [0.15, 0.2) is 18.2 Å². The first-order valence-corrected chi connectivity index (χ1v) is 6.00. The first-order valence-electron chi connectivity index (χ1n) is 6.00. The number of methoxy groups -OCH3 is 2. The minimum absolute atomic E-state index is 0.123. The zero-order valence-electron chi connectivity index (χ0n) is 11.2. The van der Waals surface area contributed by atoms with E-state index in [1.54, 1.807) is 7.11 Å². The monoisotopic (exact) mass is 270 g/mol. The van der Waals surface area contributed by atoms with Crippen LogP contribution in [-0.4, -0.2) is 46.4 Å². The van der Waals surface area contributed by atoms with Crippen molar-refractivity contribution in [3.8, 4) is 5.75 Å². The Bertz CT molecular complexity index is 413. The first-order chi connectivity index (χ1) is 9.19. The SMILES string of the molecule is COCCNCCNC(=O)c1ccc(OC)c(F)c1. The molecule has 1 rings (SSSR count). The van der Waals surface area contributed by atoms with Gasteiger partial charge in [-0.25, -0.2) is 4.39 Å². The number of carbonyl (C=O) groups is 1. The normalized spacial score (nSPS) is 10.3. The van der Waals surface area contributed by atoms with Crippen molar-refractivity contribution >= 4 is 5.91 Å². The van der Waals surface area contributed by atoms with Crippen LogP contribution < -0.4 is 15.4 Å². The molecular formula is C13H19FN2O3. The maximum Gasteiger partial charge on any atom is 0.251 e. The van der Waals surface area contributed by atoms with Crippen LogP contribution in [0.25, 0.3) is 0 Å². The number of hydrogen-bond acceptors (Lipinski definition) is 4. The molecule has 0 bridgehead atoms. The Balaban J connectivity index is 2.35. The molecular weight excluding hydrogens is 251 g/mol. The van der Waals surface area contributed by atoms with Crippen LogP contribution in [0.3, 0.4) is 0 Å². The summed E-state index contributed by atoms with van der Waals surface area (Å²) in [5, 5.41) is 5.78. The number of amides is 1. The highest BCUT2D eigenvalue weighted by Gasteiger charge is 2.09. The van der Waals surface area contributed by atoms with E-state index in [-0.39, 0.29) is 17.2 Å². The number of nitrogens with one attached hydrogen (secondary N) is 2. The van der Waals surface area contributed by atoms with Gasteiger partial charge >= 0.3 is 0 Å². The maximum atomic E-state index is 13.4. The fourth-order valence-corrected chi connectivity index (χ4v) is 1.47. The summed E-state index contributed by atoms with van der Waals surface area (Å²) < 4.78 is 23.1. The lowest BCUT2D eigenvalue weighted by molar-refractivity contribution is 0.0953. The van der Waals surface area contributed by atoms with E-state index in [1.165, 1.54) is 19.2 Å². The van der Waals surface area contributed by atoms with Crippen LogP contribution in [0.1, 0.15) is 10.4 Å². The van der Waals surface area contributed by atoms with E-state index >= 15 is 0 Å². The third-order valence-electron chi connectivity index (χ3n) is 2.48. The van der Waals surface area contributed by atoms with E-state index in [4.69, 9.17) is 9.47 Å². The largest absolute Gasteiger partial charge is 0.494 e. The molecule has 0 aliphatic carbocycles. The average Bonchev–Trinajstić information content (AvgIpc) is 2.42. The molecule has 0 aliphatic rings. The highest BCUT2D eigenvalue weighted by molar-refractivity contribution is 5.94. The van der Waals surface area contributed by atoms with Gasteiger partial charge in [-0.2, -0.15) is 0 Å². The molecule has 1 amide bonds. The van der Waals surface area contributed by atoms with Crippen molar-refractivity contribution in [2.75, 3.05) is 40.5 Å². The van der Waals surface area contributed by atoms with Crippen molar-refractivity contribution in [1.29, 1.82) is 0 Å². The fourth-order valence-electron chi connectivity index (χ4n) is 1.47. The molecule has 6 heteroatoms. The number of carbonyl (C=O) groups excluding carboxylic acids is 1. The number of rotatable bonds is 8. The van der Waals surface area contributed by atoms with Crippen LogP contribution in [-0.2, 0) is 4.74 Å². The van der Waals surface area contributed by atoms with E-state index in [1.807, 2.05) is 0 Å². The van der Waals surface area contributed by atoms with E-state index in [0.29, 0.717) is 19.7 Å². The van der Waals surface area contributed by atoms with Gasteiger partial charge in [-0.1, -0.05) is 0 Å². The standard InChI is InChI=1S/C13H19FN2O3/c1-18-8-7-15-5-6-16-13(17)10-3-4-12(19-2)11(14)9-10/h3-4,9,15H,5-8H2,1-2H3,(H,16,17). The number of benzene rings is 1. The molecule has 0 fully saturated rings. The van der Waals surface area contributed by atoms with Crippen molar-refractivity contribution in [3.63, 3.8) is 0 Å². The topological polar surface area (TPSA) is 59.6 Å². The summed E-state index contributed by atoms with van der Waals surface area (Å²) in [5.74, 6) is -0.735. The van der Waals surface area contributed by atoms with Gasteiger partial charge in [0.2, 0.25) is 0 Å². The van der Waals surface area contributed by atoms with Gasteiger partial charge < -0.3 is 20.1 Å². The van der Waals surface area contributed by atoms with Gasteiger partial charge in [0, 0.05) is 32.3 Å². The summed E-state index contributed by atoms with van der Waals surface area (Å²) in [6.45, 7) is 2.45. The van der Waals surface area contributed by atoms with Gasteiger partial charge in [0.05, 0.1) is 13.7 Å². The second-order valence-corrected chi connectivity index (χ2v) is 3.85. The molecule has 0 atom stereocenters. The van der Waals surface area contributed by atoms with Gasteiger partial charge in [0.25, 0.3) is 5.91 Å². The number of hydrogen-bond donors (Lipinski definition) is 2. The summed E-state index contributed by atoms with van der Waals surface area (Å²) in [6.07, 6.45) is 0. The number of ether oxygens (including phenoxy) is 2. The minimum atomic E-state index is -0.548. The molecule has 19 heavy (non-hydrogen) atoms. The summed E-state index contributed by atoms with van der Waals surface area (Å²) in [4.78, 5) is 11.7. The van der Waals surface area contributed by atoms with E-state index in [0.717, 1.165) is 12.6 Å². The van der Waals surface area contributed by atoms with Crippen molar-refractivity contribution in [2.24, 2.45) is 0 Å². The highest BCUT2D eigenvalue weighted by Crippen LogP contribution is 2.17. The molecule has 106 valence electrons. The Labute approximate surface area is 112 Å².